The third kappa shape index (κ3) is 5.61. The summed E-state index contributed by atoms with van der Waals surface area (Å²) in [7, 11) is 1.63. The summed E-state index contributed by atoms with van der Waals surface area (Å²) >= 11 is 0. The predicted molar refractivity (Wildman–Crippen MR) is 146 cm³/mol. The number of pyridine rings is 2. The number of aryl methyl sites for hydroxylation is 1. The molecule has 0 atom stereocenters. The maximum absolute atomic E-state index is 14.6. The molecular weight excluding hydrogens is 501 g/mol. The van der Waals surface area contributed by atoms with Gasteiger partial charge in [-0.25, -0.2) is 13.9 Å². The van der Waals surface area contributed by atoms with Gasteiger partial charge in [-0.15, -0.1) is 0 Å². The first-order valence-electron chi connectivity index (χ1n) is 13.5. The fraction of sp³-hybridized carbons (Fsp3) is 0.464. The molecule has 0 unspecified atom stereocenters. The van der Waals surface area contributed by atoms with Gasteiger partial charge in [-0.1, -0.05) is 0 Å². The first kappa shape index (κ1) is 25.7. The molecule has 206 valence electrons. The quantitative estimate of drug-likeness (QED) is 0.300. The minimum Gasteiger partial charge on any atom is -0.382 e. The fourth-order valence-electron chi connectivity index (χ4n) is 5.25. The zero-order chi connectivity index (χ0) is 26.9. The van der Waals surface area contributed by atoms with Gasteiger partial charge in [0.1, 0.15) is 5.69 Å². The molecule has 10 nitrogen and oxygen atoms in total. The van der Waals surface area contributed by atoms with Gasteiger partial charge in [-0.05, 0) is 50.8 Å². The molecule has 1 saturated carbocycles. The van der Waals surface area contributed by atoms with Crippen molar-refractivity contribution in [1.82, 2.24) is 24.3 Å². The molecule has 0 aromatic carbocycles. The van der Waals surface area contributed by atoms with Gasteiger partial charge in [0.2, 0.25) is 0 Å². The number of aromatic nitrogens is 4. The Hall–Kier alpha value is -3.54. The van der Waals surface area contributed by atoms with E-state index in [1.54, 1.807) is 41.4 Å². The Bertz CT molecular complexity index is 1490. The van der Waals surface area contributed by atoms with Crippen molar-refractivity contribution in [2.75, 3.05) is 43.6 Å². The number of piperidine rings is 1. The van der Waals surface area contributed by atoms with Gasteiger partial charge >= 0.3 is 0 Å². The first-order chi connectivity index (χ1) is 19.0. The molecule has 4 aromatic heterocycles. The molecular formula is C28H34FN7O3. The molecule has 4 aromatic rings. The highest BCUT2D eigenvalue weighted by Crippen LogP contribution is 2.29. The summed E-state index contributed by atoms with van der Waals surface area (Å²) in [5, 5.41) is 11.3. The average molecular weight is 536 g/mol. The Balaban J connectivity index is 1.27. The molecule has 0 spiro atoms. The molecule has 0 radical (unpaired) electrons. The minimum absolute atomic E-state index is 0.221. The second kappa shape index (κ2) is 10.9. The van der Waals surface area contributed by atoms with Crippen LogP contribution in [0.15, 0.2) is 36.7 Å². The summed E-state index contributed by atoms with van der Waals surface area (Å²) in [6.45, 7) is 4.91. The van der Waals surface area contributed by atoms with Crippen LogP contribution in [0.25, 0.3) is 11.2 Å². The Morgan fingerprint density at radius 2 is 1.90 bits per heavy atom. The summed E-state index contributed by atoms with van der Waals surface area (Å²) in [6, 6.07) is 8.29. The van der Waals surface area contributed by atoms with Crippen LogP contribution in [0.3, 0.4) is 0 Å². The van der Waals surface area contributed by atoms with E-state index < -0.39 is 5.82 Å². The summed E-state index contributed by atoms with van der Waals surface area (Å²) in [4.78, 5) is 20.0. The van der Waals surface area contributed by atoms with E-state index in [1.807, 2.05) is 12.1 Å². The molecule has 6 rings (SSSR count). The Morgan fingerprint density at radius 3 is 2.67 bits per heavy atom. The lowest BCUT2D eigenvalue weighted by Crippen LogP contribution is -2.43. The molecule has 1 amide bonds. The number of amides is 1. The van der Waals surface area contributed by atoms with E-state index in [1.165, 1.54) is 18.9 Å². The smallest absolute Gasteiger partial charge is 0.274 e. The minimum atomic E-state index is -0.504. The number of fused-ring (bicyclic) bond motifs is 2. The summed E-state index contributed by atoms with van der Waals surface area (Å²) in [5.41, 5.74) is 4.20. The second-order valence-electron chi connectivity index (χ2n) is 10.4. The summed E-state index contributed by atoms with van der Waals surface area (Å²) in [5.74, 6) is -0.889. The van der Waals surface area contributed by atoms with Gasteiger partial charge in [0, 0.05) is 50.7 Å². The average Bonchev–Trinajstić information content (AvgIpc) is 3.49. The molecule has 0 bridgehead atoms. The number of carbonyl (C=O) groups is 1. The number of nitrogens with zero attached hydrogens (tertiary/aromatic N) is 5. The van der Waals surface area contributed by atoms with E-state index >= 15 is 0 Å². The van der Waals surface area contributed by atoms with Crippen molar-refractivity contribution >= 4 is 28.4 Å². The Labute approximate surface area is 226 Å². The van der Waals surface area contributed by atoms with Crippen molar-refractivity contribution in [1.29, 1.82) is 0 Å². The van der Waals surface area contributed by atoms with Crippen LogP contribution >= 0.6 is 0 Å². The number of nitrogens with one attached hydrogen (secondary N) is 2. The zero-order valence-corrected chi connectivity index (χ0v) is 22.3. The highest BCUT2D eigenvalue weighted by molar-refractivity contribution is 6.04. The molecule has 39 heavy (non-hydrogen) atoms. The maximum Gasteiger partial charge on any atom is 0.274 e. The van der Waals surface area contributed by atoms with Crippen LogP contribution in [0.5, 0.6) is 0 Å². The number of ether oxygens (including phenoxy) is 2. The van der Waals surface area contributed by atoms with Gasteiger partial charge in [0.25, 0.3) is 5.91 Å². The molecule has 5 heterocycles. The summed E-state index contributed by atoms with van der Waals surface area (Å²) in [6.07, 6.45) is 8.10. The third-order valence-electron chi connectivity index (χ3n) is 7.33. The number of methoxy groups -OCH3 is 1. The van der Waals surface area contributed by atoms with E-state index in [2.05, 4.69) is 20.5 Å². The van der Waals surface area contributed by atoms with E-state index in [0.717, 1.165) is 42.8 Å². The number of hydrogen-bond acceptors (Lipinski definition) is 7. The van der Waals surface area contributed by atoms with Gasteiger partial charge in [0.15, 0.2) is 11.5 Å². The van der Waals surface area contributed by atoms with Crippen LogP contribution in [0, 0.1) is 12.7 Å². The molecule has 2 fully saturated rings. The molecule has 1 aliphatic carbocycles. The van der Waals surface area contributed by atoms with Gasteiger partial charge < -0.3 is 29.4 Å². The van der Waals surface area contributed by atoms with Crippen LogP contribution in [-0.4, -0.2) is 70.4 Å². The van der Waals surface area contributed by atoms with E-state index in [0.29, 0.717) is 49.0 Å². The maximum atomic E-state index is 14.6. The number of hydrogen-bond donors (Lipinski definition) is 2. The highest BCUT2D eigenvalue weighted by Gasteiger charge is 2.28. The lowest BCUT2D eigenvalue weighted by molar-refractivity contribution is 0.0601. The lowest BCUT2D eigenvalue weighted by Gasteiger charge is -2.34. The number of carbonyl (C=O) groups excluding carboxylic acids is 1. The summed E-state index contributed by atoms with van der Waals surface area (Å²) < 4.78 is 28.6. The molecule has 1 saturated heterocycles. The third-order valence-corrected chi connectivity index (χ3v) is 7.33. The van der Waals surface area contributed by atoms with Crippen LogP contribution < -0.4 is 15.5 Å². The van der Waals surface area contributed by atoms with Crippen molar-refractivity contribution < 1.29 is 18.7 Å². The van der Waals surface area contributed by atoms with Crippen molar-refractivity contribution in [2.45, 2.75) is 51.3 Å². The van der Waals surface area contributed by atoms with Crippen LogP contribution in [0.2, 0.25) is 0 Å². The number of anilines is 2. The number of halogens is 1. The SMILES string of the molecule is COCCOCc1cc2c(N3CCC(NC4CC4)CC3)ccc(C(=O)Nc3cc(F)c4nc(C)cn4c3)n2n1. The number of rotatable bonds is 10. The normalized spacial score (nSPS) is 16.4. The van der Waals surface area contributed by atoms with Crippen LogP contribution in [0.1, 0.15) is 47.6 Å². The van der Waals surface area contributed by atoms with Gasteiger partial charge in [-0.3, -0.25) is 4.79 Å². The standard InChI is InChI=1S/C28H34FN7O3/c1-18-15-35-16-21(13-23(29)27(35)30-18)32-28(37)25-6-5-24(34-9-7-20(8-10-34)31-19-3-4-19)26-14-22(33-36(25)26)17-39-12-11-38-2/h5-6,13-16,19-20,31H,3-4,7-12,17H2,1-2H3,(H,32,37). The van der Waals surface area contributed by atoms with Crippen molar-refractivity contribution in [3.05, 3.63) is 59.6 Å². The molecule has 11 heteroatoms. The number of imidazole rings is 1. The van der Waals surface area contributed by atoms with E-state index in [-0.39, 0.29) is 11.6 Å². The predicted octanol–water partition coefficient (Wildman–Crippen LogP) is 3.57. The monoisotopic (exact) mass is 535 g/mol. The molecule has 1 aliphatic heterocycles. The largest absolute Gasteiger partial charge is 0.382 e. The molecule has 2 N–H and O–H groups in total. The van der Waals surface area contributed by atoms with Gasteiger partial charge in [-0.2, -0.15) is 5.10 Å². The van der Waals surface area contributed by atoms with Crippen LogP contribution in [-0.2, 0) is 16.1 Å². The van der Waals surface area contributed by atoms with Gasteiger partial charge in [0.05, 0.1) is 48.1 Å². The lowest BCUT2D eigenvalue weighted by atomic mass is 10.0. The Morgan fingerprint density at radius 1 is 1.10 bits per heavy atom. The van der Waals surface area contributed by atoms with E-state index in [9.17, 15) is 9.18 Å². The Kier molecular flexibility index (Phi) is 7.20. The zero-order valence-electron chi connectivity index (χ0n) is 22.3. The first-order valence-corrected chi connectivity index (χ1v) is 13.5. The van der Waals surface area contributed by atoms with Crippen LogP contribution in [0.4, 0.5) is 15.8 Å². The van der Waals surface area contributed by atoms with Crippen molar-refractivity contribution in [3.8, 4) is 0 Å². The van der Waals surface area contributed by atoms with Crippen molar-refractivity contribution in [3.63, 3.8) is 0 Å². The highest BCUT2D eigenvalue weighted by atomic mass is 19.1. The second-order valence-corrected chi connectivity index (χ2v) is 10.4. The topological polar surface area (TPSA) is 97.4 Å². The van der Waals surface area contributed by atoms with Crippen molar-refractivity contribution in [2.24, 2.45) is 0 Å². The fourth-order valence-corrected chi connectivity index (χ4v) is 5.25. The van der Waals surface area contributed by atoms with E-state index in [4.69, 9.17) is 14.6 Å². The molecule has 2 aliphatic rings.